The number of benzene rings is 1. The molecule has 1 saturated heterocycles. The van der Waals surface area contributed by atoms with Crippen LogP contribution in [0.15, 0.2) is 24.3 Å². The van der Waals surface area contributed by atoms with Gasteiger partial charge in [0.15, 0.2) is 0 Å². The molecule has 1 aliphatic heterocycles. The highest BCUT2D eigenvalue weighted by Crippen LogP contribution is 2.19. The number of rotatable bonds is 10. The number of unbranched alkanes of at least 4 members (excludes halogenated alkanes) is 1. The maximum absolute atomic E-state index is 12.6. The molecule has 0 unspecified atom stereocenters. The number of nitrogens with one attached hydrogen (secondary N) is 2. The number of carbonyl (C=O) groups excluding carboxylic acids is 3. The molecule has 164 valence electrons. The number of hydrogen-bond donors (Lipinski definition) is 5. The van der Waals surface area contributed by atoms with Crippen LogP contribution in [0, 0.1) is 0 Å². The minimum atomic E-state index is -1.59. The van der Waals surface area contributed by atoms with E-state index in [0.29, 0.717) is 44.5 Å². The van der Waals surface area contributed by atoms with Gasteiger partial charge in [0.1, 0.15) is 6.04 Å². The van der Waals surface area contributed by atoms with Gasteiger partial charge in [-0.2, -0.15) is 0 Å². The smallest absolute Gasteiger partial charge is 0.426 e. The van der Waals surface area contributed by atoms with Crippen molar-refractivity contribution >= 4 is 24.8 Å². The molecule has 30 heavy (non-hydrogen) atoms. The number of hydrogen-bond acceptors (Lipinski definition) is 6. The van der Waals surface area contributed by atoms with Gasteiger partial charge in [-0.25, -0.2) is 0 Å². The molecule has 6 N–H and O–H groups in total. The van der Waals surface area contributed by atoms with E-state index in [1.165, 1.54) is 4.90 Å². The fourth-order valence-corrected chi connectivity index (χ4v) is 3.46. The van der Waals surface area contributed by atoms with Gasteiger partial charge in [-0.1, -0.05) is 12.1 Å². The normalized spacial score (nSPS) is 16.8. The second-order valence-electron chi connectivity index (χ2n) is 7.57. The SMILES string of the molecule is C[C@@H](NC(=O)c1ccc(CNC(=O)CCCCN)cc1)C(=O)N1CCC[C@H]1B(O)O. The Morgan fingerprint density at radius 2 is 1.93 bits per heavy atom. The molecule has 0 bridgehead atoms. The van der Waals surface area contributed by atoms with Crippen LogP contribution in [0.3, 0.4) is 0 Å². The summed E-state index contributed by atoms with van der Waals surface area (Å²) < 4.78 is 0. The molecular formula is C20H31BN4O5. The van der Waals surface area contributed by atoms with Crippen LogP contribution in [0.1, 0.15) is 54.9 Å². The fourth-order valence-electron chi connectivity index (χ4n) is 3.46. The molecule has 3 amide bonds. The summed E-state index contributed by atoms with van der Waals surface area (Å²) in [4.78, 5) is 38.2. The van der Waals surface area contributed by atoms with Crippen molar-refractivity contribution in [2.45, 2.75) is 57.6 Å². The fraction of sp³-hybridized carbons (Fsp3) is 0.550. The third-order valence-corrected chi connectivity index (χ3v) is 5.21. The second kappa shape index (κ2) is 11.7. The summed E-state index contributed by atoms with van der Waals surface area (Å²) in [5.74, 6) is -1.41. The largest absolute Gasteiger partial charge is 0.475 e. The minimum absolute atomic E-state index is 0.0363. The van der Waals surface area contributed by atoms with Gasteiger partial charge in [0.05, 0.1) is 5.94 Å². The molecule has 10 heteroatoms. The Balaban J connectivity index is 1.84. The highest BCUT2D eigenvalue weighted by atomic mass is 16.4. The Kier molecular flexibility index (Phi) is 9.29. The first-order valence-corrected chi connectivity index (χ1v) is 10.4. The maximum atomic E-state index is 12.6. The lowest BCUT2D eigenvalue weighted by atomic mass is 9.78. The van der Waals surface area contributed by atoms with Crippen LogP contribution in [0.25, 0.3) is 0 Å². The first-order chi connectivity index (χ1) is 14.3. The Morgan fingerprint density at radius 1 is 1.23 bits per heavy atom. The molecule has 1 aliphatic rings. The second-order valence-corrected chi connectivity index (χ2v) is 7.57. The zero-order valence-electron chi connectivity index (χ0n) is 17.3. The zero-order valence-corrected chi connectivity index (χ0v) is 17.3. The van der Waals surface area contributed by atoms with Gasteiger partial charge in [0.2, 0.25) is 11.8 Å². The Labute approximate surface area is 177 Å². The first kappa shape index (κ1) is 23.9. The number of nitrogens with zero attached hydrogens (tertiary/aromatic N) is 1. The molecule has 2 rings (SSSR count). The number of carbonyl (C=O) groups is 3. The quantitative estimate of drug-likeness (QED) is 0.257. The standard InChI is InChI=1S/C20H31BN4O5/c1-14(20(28)25-12-4-5-17(25)21(29)30)24-19(27)16-9-7-15(8-10-16)13-23-18(26)6-2-3-11-22/h7-10,14,17,29-30H,2-6,11-13,22H2,1H3,(H,23,26)(H,24,27)/t14-,17+/m1/s1. The molecule has 1 aromatic rings. The third kappa shape index (κ3) is 6.82. The van der Waals surface area contributed by atoms with E-state index < -0.39 is 25.0 Å². The molecule has 0 aromatic heterocycles. The number of likely N-dealkylation sites (tertiary alicyclic amines) is 1. The van der Waals surface area contributed by atoms with Crippen LogP contribution < -0.4 is 16.4 Å². The van der Waals surface area contributed by atoms with E-state index in [-0.39, 0.29) is 11.8 Å². The summed E-state index contributed by atoms with van der Waals surface area (Å²) in [6.45, 7) is 2.96. The van der Waals surface area contributed by atoms with Crippen molar-refractivity contribution in [3.8, 4) is 0 Å². The summed E-state index contributed by atoms with van der Waals surface area (Å²) in [7, 11) is -1.59. The van der Waals surface area contributed by atoms with E-state index in [9.17, 15) is 24.4 Å². The van der Waals surface area contributed by atoms with Crippen molar-refractivity contribution < 1.29 is 24.4 Å². The highest BCUT2D eigenvalue weighted by molar-refractivity contribution is 6.43. The predicted octanol–water partition coefficient (Wildman–Crippen LogP) is -0.447. The molecule has 0 spiro atoms. The molecule has 0 radical (unpaired) electrons. The van der Waals surface area contributed by atoms with Crippen molar-refractivity contribution in [3.05, 3.63) is 35.4 Å². The number of amides is 3. The van der Waals surface area contributed by atoms with Gasteiger partial charge < -0.3 is 31.3 Å². The van der Waals surface area contributed by atoms with E-state index in [1.54, 1.807) is 31.2 Å². The monoisotopic (exact) mass is 418 g/mol. The van der Waals surface area contributed by atoms with Gasteiger partial charge in [-0.3, -0.25) is 14.4 Å². The van der Waals surface area contributed by atoms with Crippen molar-refractivity contribution in [1.29, 1.82) is 0 Å². The van der Waals surface area contributed by atoms with Crippen LogP contribution >= 0.6 is 0 Å². The Morgan fingerprint density at radius 3 is 2.57 bits per heavy atom. The van der Waals surface area contributed by atoms with Crippen LogP contribution in [0.2, 0.25) is 0 Å². The molecule has 1 fully saturated rings. The maximum Gasteiger partial charge on any atom is 0.475 e. The van der Waals surface area contributed by atoms with Crippen molar-refractivity contribution in [1.82, 2.24) is 15.5 Å². The molecular weight excluding hydrogens is 387 g/mol. The lowest BCUT2D eigenvalue weighted by Gasteiger charge is -2.27. The van der Waals surface area contributed by atoms with Crippen LogP contribution in [-0.2, 0) is 16.1 Å². The molecule has 1 aromatic carbocycles. The lowest BCUT2D eigenvalue weighted by molar-refractivity contribution is -0.132. The third-order valence-electron chi connectivity index (χ3n) is 5.21. The van der Waals surface area contributed by atoms with Crippen LogP contribution in [-0.4, -0.2) is 64.9 Å². The van der Waals surface area contributed by atoms with E-state index in [0.717, 1.165) is 18.4 Å². The predicted molar refractivity (Wildman–Crippen MR) is 113 cm³/mol. The van der Waals surface area contributed by atoms with Crippen LogP contribution in [0.5, 0.6) is 0 Å². The highest BCUT2D eigenvalue weighted by Gasteiger charge is 2.38. The lowest BCUT2D eigenvalue weighted by Crippen LogP contribution is -2.52. The summed E-state index contributed by atoms with van der Waals surface area (Å²) in [5, 5.41) is 24.3. The van der Waals surface area contributed by atoms with Gasteiger partial charge in [0.25, 0.3) is 5.91 Å². The summed E-state index contributed by atoms with van der Waals surface area (Å²) >= 11 is 0. The van der Waals surface area contributed by atoms with Gasteiger partial charge in [-0.05, 0) is 56.8 Å². The van der Waals surface area contributed by atoms with Crippen molar-refractivity contribution in [2.75, 3.05) is 13.1 Å². The van der Waals surface area contributed by atoms with Gasteiger partial charge in [0, 0.05) is 25.1 Å². The molecule has 0 saturated carbocycles. The minimum Gasteiger partial charge on any atom is -0.426 e. The summed E-state index contributed by atoms with van der Waals surface area (Å²) in [6.07, 6.45) is 3.23. The first-order valence-electron chi connectivity index (χ1n) is 10.4. The average Bonchev–Trinajstić information content (AvgIpc) is 3.22. The van der Waals surface area contributed by atoms with Gasteiger partial charge in [-0.15, -0.1) is 0 Å². The van der Waals surface area contributed by atoms with Gasteiger partial charge >= 0.3 is 7.12 Å². The van der Waals surface area contributed by atoms with Crippen molar-refractivity contribution in [2.24, 2.45) is 5.73 Å². The molecule has 2 atom stereocenters. The summed E-state index contributed by atoms with van der Waals surface area (Å²) in [5.41, 5.74) is 6.67. The van der Waals surface area contributed by atoms with Crippen molar-refractivity contribution in [3.63, 3.8) is 0 Å². The molecule has 0 aliphatic carbocycles. The Bertz CT molecular complexity index is 728. The molecule has 9 nitrogen and oxygen atoms in total. The summed E-state index contributed by atoms with van der Waals surface area (Å²) in [6, 6.07) is 5.99. The average molecular weight is 418 g/mol. The zero-order chi connectivity index (χ0) is 22.1. The molecule has 1 heterocycles. The topological polar surface area (TPSA) is 145 Å². The van der Waals surface area contributed by atoms with E-state index in [2.05, 4.69) is 10.6 Å². The van der Waals surface area contributed by atoms with E-state index >= 15 is 0 Å². The Hall–Kier alpha value is -2.43. The van der Waals surface area contributed by atoms with E-state index in [4.69, 9.17) is 5.73 Å². The van der Waals surface area contributed by atoms with Crippen LogP contribution in [0.4, 0.5) is 0 Å². The van der Waals surface area contributed by atoms with E-state index in [1.807, 2.05) is 0 Å². The number of nitrogens with two attached hydrogens (primary N) is 1.